The topological polar surface area (TPSA) is 87.5 Å². The van der Waals surface area contributed by atoms with Crippen molar-refractivity contribution >= 4 is 21.7 Å². The molecule has 0 aliphatic carbocycles. The molecule has 1 N–H and O–H groups in total. The number of amides is 2. The van der Waals surface area contributed by atoms with Gasteiger partial charge in [0, 0.05) is 38.9 Å². The fourth-order valence-corrected chi connectivity index (χ4v) is 5.48. The lowest BCUT2D eigenvalue weighted by Gasteiger charge is -2.22. The van der Waals surface area contributed by atoms with Crippen LogP contribution in [0.15, 0.2) is 23.1 Å². The Labute approximate surface area is 172 Å². The molecule has 9 heteroatoms. The van der Waals surface area contributed by atoms with Crippen molar-refractivity contribution in [2.75, 3.05) is 31.5 Å². The number of benzene rings is 1. The van der Waals surface area contributed by atoms with Gasteiger partial charge in [0.15, 0.2) is 0 Å². The molecule has 2 amide bonds. The molecule has 1 aromatic heterocycles. The zero-order valence-electron chi connectivity index (χ0n) is 17.7. The van der Waals surface area contributed by atoms with E-state index < -0.39 is 10.0 Å². The van der Waals surface area contributed by atoms with Gasteiger partial charge in [0.2, 0.25) is 10.0 Å². The van der Waals surface area contributed by atoms with E-state index in [0.29, 0.717) is 37.4 Å². The molecule has 1 aromatic carbocycles. The second-order valence-electron chi connectivity index (χ2n) is 7.60. The fraction of sp³-hybridized carbons (Fsp3) is 0.500. The number of aromatic nitrogens is 2. The third-order valence-corrected chi connectivity index (χ3v) is 7.69. The lowest BCUT2D eigenvalue weighted by atomic mass is 10.1. The third-order valence-electron chi connectivity index (χ3n) is 5.54. The summed E-state index contributed by atoms with van der Waals surface area (Å²) >= 11 is 0. The molecular weight excluding hydrogens is 390 g/mol. The van der Waals surface area contributed by atoms with Crippen molar-refractivity contribution in [2.24, 2.45) is 7.05 Å². The van der Waals surface area contributed by atoms with Gasteiger partial charge in [0.25, 0.3) is 0 Å². The number of hydrogen-bond donors (Lipinski definition) is 1. The van der Waals surface area contributed by atoms with Crippen molar-refractivity contribution in [2.45, 2.75) is 39.0 Å². The number of nitrogens with zero attached hydrogens (tertiary/aromatic N) is 4. The number of carbonyl (C=O) groups excluding carboxylic acids is 1. The van der Waals surface area contributed by atoms with Crippen molar-refractivity contribution in [1.82, 2.24) is 19.0 Å². The third kappa shape index (κ3) is 4.30. The fourth-order valence-electron chi connectivity index (χ4n) is 3.62. The summed E-state index contributed by atoms with van der Waals surface area (Å²) in [5.74, 6) is 0. The molecule has 3 rings (SSSR count). The van der Waals surface area contributed by atoms with Gasteiger partial charge in [-0.25, -0.2) is 13.2 Å². The minimum Gasteiger partial charge on any atom is -0.323 e. The smallest absolute Gasteiger partial charge is 0.321 e. The summed E-state index contributed by atoms with van der Waals surface area (Å²) in [4.78, 5) is 14.6. The first kappa shape index (κ1) is 21.3. The van der Waals surface area contributed by atoms with E-state index in [1.165, 1.54) is 9.87 Å². The Morgan fingerprint density at radius 2 is 1.76 bits per heavy atom. The molecule has 2 heterocycles. The minimum atomic E-state index is -3.65. The van der Waals surface area contributed by atoms with Crippen LogP contribution in [0, 0.1) is 27.7 Å². The van der Waals surface area contributed by atoms with Crippen LogP contribution < -0.4 is 5.32 Å². The SMILES string of the molecule is Cc1ccc(NC(=O)N2CCCN(S(=O)(=O)c3c(C)nn(C)c3C)CC2)cc1C. The maximum Gasteiger partial charge on any atom is 0.321 e. The van der Waals surface area contributed by atoms with E-state index in [2.05, 4.69) is 10.4 Å². The highest BCUT2D eigenvalue weighted by atomic mass is 32.2. The van der Waals surface area contributed by atoms with E-state index >= 15 is 0 Å². The molecule has 158 valence electrons. The summed E-state index contributed by atoms with van der Waals surface area (Å²) in [5, 5.41) is 7.15. The normalized spacial score (nSPS) is 16.0. The summed E-state index contributed by atoms with van der Waals surface area (Å²) in [6, 6.07) is 5.58. The molecule has 1 aliphatic rings. The van der Waals surface area contributed by atoms with E-state index in [4.69, 9.17) is 0 Å². The van der Waals surface area contributed by atoms with Gasteiger partial charge in [-0.1, -0.05) is 6.07 Å². The van der Waals surface area contributed by atoms with E-state index in [0.717, 1.165) is 11.3 Å². The van der Waals surface area contributed by atoms with Crippen molar-refractivity contribution in [3.8, 4) is 0 Å². The summed E-state index contributed by atoms with van der Waals surface area (Å²) in [6.45, 7) is 8.98. The molecule has 0 spiro atoms. The molecule has 1 fully saturated rings. The van der Waals surface area contributed by atoms with E-state index in [9.17, 15) is 13.2 Å². The van der Waals surface area contributed by atoms with E-state index in [-0.39, 0.29) is 17.5 Å². The van der Waals surface area contributed by atoms with Gasteiger partial charge in [-0.3, -0.25) is 4.68 Å². The predicted octanol–water partition coefficient (Wildman–Crippen LogP) is 2.58. The number of carbonyl (C=O) groups is 1. The second kappa shape index (κ2) is 8.16. The highest BCUT2D eigenvalue weighted by Crippen LogP contribution is 2.24. The van der Waals surface area contributed by atoms with E-state index in [1.807, 2.05) is 32.0 Å². The first-order chi connectivity index (χ1) is 13.6. The standard InChI is InChI=1S/C20H29N5O3S/c1-14-7-8-18(13-15(14)2)21-20(26)24-9-6-10-25(12-11-24)29(27,28)19-16(3)22-23(5)17(19)4/h7-8,13H,6,9-12H2,1-5H3,(H,21,26). The van der Waals surface area contributed by atoms with Crippen LogP contribution in [0.3, 0.4) is 0 Å². The second-order valence-corrected chi connectivity index (χ2v) is 9.47. The summed E-state index contributed by atoms with van der Waals surface area (Å²) < 4.78 is 29.4. The summed E-state index contributed by atoms with van der Waals surface area (Å²) in [7, 11) is -1.91. The largest absolute Gasteiger partial charge is 0.323 e. The molecule has 8 nitrogen and oxygen atoms in total. The Hall–Kier alpha value is -2.39. The van der Waals surface area contributed by atoms with Crippen LogP contribution in [0.4, 0.5) is 10.5 Å². The average molecular weight is 420 g/mol. The van der Waals surface area contributed by atoms with Crippen LogP contribution in [-0.4, -0.2) is 59.6 Å². The van der Waals surface area contributed by atoms with E-state index in [1.54, 1.807) is 30.5 Å². The van der Waals surface area contributed by atoms with Crippen molar-refractivity contribution < 1.29 is 13.2 Å². The lowest BCUT2D eigenvalue weighted by molar-refractivity contribution is 0.214. The van der Waals surface area contributed by atoms with Gasteiger partial charge in [-0.15, -0.1) is 0 Å². The van der Waals surface area contributed by atoms with Crippen LogP contribution >= 0.6 is 0 Å². The van der Waals surface area contributed by atoms with Crippen LogP contribution in [0.25, 0.3) is 0 Å². The molecule has 2 aromatic rings. The van der Waals surface area contributed by atoms with Crippen molar-refractivity contribution in [3.05, 3.63) is 40.7 Å². The lowest BCUT2D eigenvalue weighted by Crippen LogP contribution is -2.39. The van der Waals surface area contributed by atoms with Gasteiger partial charge in [0.1, 0.15) is 4.90 Å². The molecule has 0 unspecified atom stereocenters. The van der Waals surface area contributed by atoms with Gasteiger partial charge in [0.05, 0.1) is 11.4 Å². The zero-order valence-corrected chi connectivity index (χ0v) is 18.5. The Bertz CT molecular complexity index is 1030. The quantitative estimate of drug-likeness (QED) is 0.828. The monoisotopic (exact) mass is 419 g/mol. The molecule has 0 bridgehead atoms. The van der Waals surface area contributed by atoms with Gasteiger partial charge >= 0.3 is 6.03 Å². The number of sulfonamides is 1. The Balaban J connectivity index is 1.71. The molecule has 0 atom stereocenters. The van der Waals surface area contributed by atoms with Crippen LogP contribution in [0.2, 0.25) is 0 Å². The molecule has 1 aliphatic heterocycles. The van der Waals surface area contributed by atoms with Gasteiger partial charge in [-0.2, -0.15) is 9.40 Å². The van der Waals surface area contributed by atoms with Crippen LogP contribution in [-0.2, 0) is 17.1 Å². The number of aryl methyl sites for hydroxylation is 4. The maximum atomic E-state index is 13.2. The van der Waals surface area contributed by atoms with Gasteiger partial charge in [-0.05, 0) is 57.4 Å². The Morgan fingerprint density at radius 3 is 2.38 bits per heavy atom. The first-order valence-electron chi connectivity index (χ1n) is 9.75. The van der Waals surface area contributed by atoms with Crippen molar-refractivity contribution in [3.63, 3.8) is 0 Å². The zero-order chi connectivity index (χ0) is 21.3. The first-order valence-corrected chi connectivity index (χ1v) is 11.2. The summed E-state index contributed by atoms with van der Waals surface area (Å²) in [6.07, 6.45) is 0.581. The van der Waals surface area contributed by atoms with Crippen LogP contribution in [0.1, 0.15) is 28.9 Å². The average Bonchev–Trinajstić information content (AvgIpc) is 2.82. The number of nitrogens with one attached hydrogen (secondary N) is 1. The number of urea groups is 1. The molecule has 0 saturated carbocycles. The Morgan fingerprint density at radius 1 is 1.03 bits per heavy atom. The van der Waals surface area contributed by atoms with Gasteiger partial charge < -0.3 is 10.2 Å². The van der Waals surface area contributed by atoms with Crippen LogP contribution in [0.5, 0.6) is 0 Å². The molecule has 1 saturated heterocycles. The highest BCUT2D eigenvalue weighted by Gasteiger charge is 2.32. The molecule has 0 radical (unpaired) electrons. The summed E-state index contributed by atoms with van der Waals surface area (Å²) in [5.41, 5.74) is 4.14. The maximum absolute atomic E-state index is 13.2. The Kier molecular flexibility index (Phi) is 6.00. The number of rotatable bonds is 3. The molecular formula is C20H29N5O3S. The van der Waals surface area contributed by atoms with Crippen molar-refractivity contribution in [1.29, 1.82) is 0 Å². The predicted molar refractivity (Wildman–Crippen MR) is 113 cm³/mol. The minimum absolute atomic E-state index is 0.207. The number of anilines is 1. The highest BCUT2D eigenvalue weighted by molar-refractivity contribution is 7.89. The number of hydrogen-bond acceptors (Lipinski definition) is 4. The molecule has 29 heavy (non-hydrogen) atoms.